The molecular formula is C47H69N9O16. The first-order valence-corrected chi connectivity index (χ1v) is 23.9. The van der Waals surface area contributed by atoms with Gasteiger partial charge in [0, 0.05) is 71.1 Å². The van der Waals surface area contributed by atoms with Crippen molar-refractivity contribution in [3.05, 3.63) is 48.0 Å². The Hall–Kier alpha value is -6.96. The van der Waals surface area contributed by atoms with E-state index in [0.717, 1.165) is 16.3 Å². The van der Waals surface area contributed by atoms with Crippen LogP contribution in [0.4, 0.5) is 4.79 Å². The molecule has 0 heterocycles. The molecule has 1 saturated carbocycles. The van der Waals surface area contributed by atoms with Gasteiger partial charge >= 0.3 is 41.8 Å². The highest BCUT2D eigenvalue weighted by atomic mass is 16.4. The number of carboxylic acid groups (broad SMARTS) is 6. The molecular weight excluding hydrogens is 947 g/mol. The Labute approximate surface area is 415 Å². The SMILES string of the molecule is O=C(O)CC[C@H](NC(=O)N[C@@H](CCCCNC(=O)C1CCC(CNC(=O)C(Cc2ccc3ccccc3c2)NC(=O)CN(CCNCC(=O)O)CCN(CCNCC(=O)O)CC(=O)O)CC1)C(=O)O)C(=O)O. The molecule has 0 aliphatic heterocycles. The van der Waals surface area contributed by atoms with E-state index in [0.29, 0.717) is 38.5 Å². The number of hydrogen-bond acceptors (Lipinski definition) is 14. The van der Waals surface area contributed by atoms with Crippen molar-refractivity contribution >= 4 is 70.3 Å². The number of carbonyl (C=O) groups excluding carboxylic acids is 4. The van der Waals surface area contributed by atoms with E-state index in [2.05, 4.69) is 37.2 Å². The van der Waals surface area contributed by atoms with Gasteiger partial charge in [-0.05, 0) is 73.6 Å². The van der Waals surface area contributed by atoms with Gasteiger partial charge in [0.15, 0.2) is 0 Å². The van der Waals surface area contributed by atoms with Crippen molar-refractivity contribution in [2.45, 2.75) is 82.3 Å². The van der Waals surface area contributed by atoms with Crippen LogP contribution in [0.1, 0.15) is 63.4 Å². The van der Waals surface area contributed by atoms with E-state index in [9.17, 15) is 63.3 Å². The average Bonchev–Trinajstić information content (AvgIpc) is 3.32. The highest BCUT2D eigenvalue weighted by Gasteiger charge is 2.29. The molecule has 1 aliphatic rings. The number of hydrogen-bond donors (Lipinski definition) is 13. The smallest absolute Gasteiger partial charge is 0.326 e. The van der Waals surface area contributed by atoms with E-state index in [1.54, 1.807) is 9.80 Å². The topological polar surface area (TPSA) is 383 Å². The van der Waals surface area contributed by atoms with Gasteiger partial charge < -0.3 is 67.9 Å². The zero-order valence-electron chi connectivity index (χ0n) is 40.1. The summed E-state index contributed by atoms with van der Waals surface area (Å²) in [6.45, 7) is 0.469. The summed E-state index contributed by atoms with van der Waals surface area (Å²) >= 11 is 0. The molecule has 1 fully saturated rings. The van der Waals surface area contributed by atoms with Gasteiger partial charge in [0.25, 0.3) is 0 Å². The van der Waals surface area contributed by atoms with Gasteiger partial charge in [0.2, 0.25) is 17.7 Å². The third kappa shape index (κ3) is 24.2. The third-order valence-electron chi connectivity index (χ3n) is 12.0. The summed E-state index contributed by atoms with van der Waals surface area (Å²) in [6.07, 6.45) is 2.26. The molecule has 25 heteroatoms. The first kappa shape index (κ1) is 59.3. The van der Waals surface area contributed by atoms with Gasteiger partial charge in [-0.2, -0.15) is 0 Å². The van der Waals surface area contributed by atoms with E-state index in [4.69, 9.17) is 15.3 Å². The molecule has 398 valence electrons. The fourth-order valence-corrected chi connectivity index (χ4v) is 8.10. The summed E-state index contributed by atoms with van der Waals surface area (Å²) < 4.78 is 0. The second kappa shape index (κ2) is 32.1. The molecule has 2 aromatic carbocycles. The second-order valence-corrected chi connectivity index (χ2v) is 17.7. The molecule has 0 aromatic heterocycles. The van der Waals surface area contributed by atoms with E-state index >= 15 is 0 Å². The number of unbranched alkanes of at least 4 members (excludes halogenated alkanes) is 1. The average molecular weight is 1020 g/mol. The first-order chi connectivity index (χ1) is 34.3. The number of rotatable bonds is 36. The maximum Gasteiger partial charge on any atom is 0.326 e. The number of carbonyl (C=O) groups is 10. The van der Waals surface area contributed by atoms with Crippen molar-refractivity contribution in [2.75, 3.05) is 78.5 Å². The van der Waals surface area contributed by atoms with Crippen LogP contribution in [0, 0.1) is 11.8 Å². The summed E-state index contributed by atoms with van der Waals surface area (Å²) in [4.78, 5) is 124. The Morgan fingerprint density at radius 2 is 1.15 bits per heavy atom. The van der Waals surface area contributed by atoms with E-state index in [1.165, 1.54) is 0 Å². The van der Waals surface area contributed by atoms with Crippen molar-refractivity contribution in [1.29, 1.82) is 0 Å². The summed E-state index contributed by atoms with van der Waals surface area (Å²) in [6, 6.07) is 8.48. The van der Waals surface area contributed by atoms with Crippen molar-refractivity contribution in [3.63, 3.8) is 0 Å². The molecule has 0 spiro atoms. The second-order valence-electron chi connectivity index (χ2n) is 17.7. The molecule has 3 rings (SSSR count). The number of urea groups is 1. The van der Waals surface area contributed by atoms with Crippen molar-refractivity contribution in [1.82, 2.24) is 47.0 Å². The van der Waals surface area contributed by atoms with Crippen molar-refractivity contribution in [3.8, 4) is 0 Å². The van der Waals surface area contributed by atoms with Crippen LogP contribution in [0.2, 0.25) is 0 Å². The van der Waals surface area contributed by atoms with Crippen LogP contribution >= 0.6 is 0 Å². The van der Waals surface area contributed by atoms with E-state index in [1.807, 2.05) is 42.5 Å². The predicted molar refractivity (Wildman–Crippen MR) is 258 cm³/mol. The minimum absolute atomic E-state index is 0.0192. The van der Waals surface area contributed by atoms with Gasteiger partial charge in [-0.1, -0.05) is 42.5 Å². The minimum Gasteiger partial charge on any atom is -0.481 e. The quantitative estimate of drug-likeness (QED) is 0.0371. The Morgan fingerprint density at radius 1 is 0.569 bits per heavy atom. The molecule has 1 aliphatic carbocycles. The van der Waals surface area contributed by atoms with Crippen molar-refractivity contribution in [2.24, 2.45) is 11.8 Å². The largest absolute Gasteiger partial charge is 0.481 e. The fourth-order valence-electron chi connectivity index (χ4n) is 8.10. The molecule has 13 N–H and O–H groups in total. The number of aliphatic carboxylic acids is 6. The minimum atomic E-state index is -1.53. The lowest BCUT2D eigenvalue weighted by atomic mass is 9.81. The number of benzene rings is 2. The summed E-state index contributed by atoms with van der Waals surface area (Å²) in [5, 5.41) is 75.6. The van der Waals surface area contributed by atoms with Crippen LogP contribution in [-0.4, -0.2) is 197 Å². The molecule has 3 atom stereocenters. The summed E-state index contributed by atoms with van der Waals surface area (Å²) in [5.74, 6) is -8.67. The van der Waals surface area contributed by atoms with Crippen LogP contribution in [0.25, 0.3) is 10.8 Å². The lowest BCUT2D eigenvalue weighted by Gasteiger charge is -2.29. The Kier molecular flexibility index (Phi) is 26.5. The zero-order valence-corrected chi connectivity index (χ0v) is 40.1. The van der Waals surface area contributed by atoms with Gasteiger partial charge in [0.05, 0.1) is 26.2 Å². The molecule has 2 aromatic rings. The number of nitrogens with one attached hydrogen (secondary N) is 7. The van der Waals surface area contributed by atoms with Gasteiger partial charge in [0.1, 0.15) is 18.1 Å². The number of amides is 5. The van der Waals surface area contributed by atoms with Crippen LogP contribution in [0.5, 0.6) is 0 Å². The normalized spacial score (nSPS) is 15.7. The third-order valence-corrected chi connectivity index (χ3v) is 12.0. The standard InChI is InChI=1S/C47H69N9O16/c57-38(28-55(19-17-48-26-40(60)61)21-22-56(29-42(64)65)20-18-49-27-41(62)63)52-37(24-31-10-11-32-5-1-2-6-34(32)23-31)44(67)51-25-30-8-12-33(13-9-30)43(66)50-16-4-3-7-35(45(68)69)53-47(72)54-36(46(70)71)14-15-39(58)59/h1-2,5-6,10-11,23,30,33,35-37,48-49H,3-4,7-9,12-22,24-29H2,(H,50,66)(H,51,67)(H,52,57)(H,58,59)(H,60,61)(H,62,63)(H,64,65)(H,68,69)(H,70,71)(H2,53,54,72)/t30?,33?,35-,36-,37?/m0/s1. The lowest BCUT2D eigenvalue weighted by molar-refractivity contribution is -0.141. The zero-order chi connectivity index (χ0) is 53.0. The summed E-state index contributed by atoms with van der Waals surface area (Å²) in [7, 11) is 0. The molecule has 0 radical (unpaired) electrons. The van der Waals surface area contributed by atoms with Crippen LogP contribution < -0.4 is 37.2 Å². The van der Waals surface area contributed by atoms with E-state index < -0.39 is 84.6 Å². The highest BCUT2D eigenvalue weighted by Crippen LogP contribution is 2.28. The van der Waals surface area contributed by atoms with Crippen LogP contribution in [0.15, 0.2) is 42.5 Å². The fraction of sp³-hybridized carbons (Fsp3) is 0.574. The summed E-state index contributed by atoms with van der Waals surface area (Å²) in [5.41, 5.74) is 0.791. The molecule has 5 amide bonds. The number of nitrogens with zero attached hydrogens (tertiary/aromatic N) is 2. The number of fused-ring (bicyclic) bond motifs is 1. The lowest BCUT2D eigenvalue weighted by Crippen LogP contribution is -2.52. The van der Waals surface area contributed by atoms with Crippen molar-refractivity contribution < 1.29 is 78.6 Å². The maximum absolute atomic E-state index is 14.0. The monoisotopic (exact) mass is 1020 g/mol. The molecule has 1 unspecified atom stereocenters. The van der Waals surface area contributed by atoms with E-state index in [-0.39, 0.29) is 109 Å². The Morgan fingerprint density at radius 3 is 1.72 bits per heavy atom. The number of carboxylic acids is 6. The van der Waals surface area contributed by atoms with Crippen LogP contribution in [-0.2, 0) is 49.6 Å². The highest BCUT2D eigenvalue weighted by molar-refractivity contribution is 5.89. The maximum atomic E-state index is 14.0. The predicted octanol–water partition coefficient (Wildman–Crippen LogP) is -0.816. The molecule has 0 saturated heterocycles. The van der Waals surface area contributed by atoms with Gasteiger partial charge in [-0.3, -0.25) is 43.4 Å². The van der Waals surface area contributed by atoms with Gasteiger partial charge in [-0.15, -0.1) is 0 Å². The molecule has 72 heavy (non-hydrogen) atoms. The Bertz CT molecular complexity index is 2150. The first-order valence-electron chi connectivity index (χ1n) is 23.9. The molecule has 0 bridgehead atoms. The Balaban J connectivity index is 1.56. The van der Waals surface area contributed by atoms with Crippen LogP contribution in [0.3, 0.4) is 0 Å². The van der Waals surface area contributed by atoms with Gasteiger partial charge in [-0.25, -0.2) is 14.4 Å². The molecule has 25 nitrogen and oxygen atoms in total.